The molecule has 0 unspecified atom stereocenters. The van der Waals surface area contributed by atoms with Crippen molar-refractivity contribution < 1.29 is 24.2 Å². The van der Waals surface area contributed by atoms with Crippen molar-refractivity contribution in [3.05, 3.63) is 22.7 Å². The van der Waals surface area contributed by atoms with Crippen molar-refractivity contribution in [1.82, 2.24) is 4.90 Å². The molecule has 0 saturated heterocycles. The Hall–Kier alpha value is -1.95. The van der Waals surface area contributed by atoms with E-state index in [1.165, 1.54) is 30.9 Å². The lowest BCUT2D eigenvalue weighted by Gasteiger charge is -2.34. The molecule has 0 aliphatic carbocycles. The molecular weight excluding hydrogens is 298 g/mol. The van der Waals surface area contributed by atoms with Gasteiger partial charge < -0.3 is 19.5 Å². The Balaban J connectivity index is 2.39. The van der Waals surface area contributed by atoms with Gasteiger partial charge in [0.25, 0.3) is 5.91 Å². The first-order chi connectivity index (χ1) is 9.78. The van der Waals surface area contributed by atoms with Gasteiger partial charge in [0.2, 0.25) is 6.79 Å². The van der Waals surface area contributed by atoms with Crippen LogP contribution in [-0.2, 0) is 4.79 Å². The molecule has 1 aromatic rings. The highest BCUT2D eigenvalue weighted by Crippen LogP contribution is 2.40. The normalized spacial score (nSPS) is 13.1. The Bertz CT molecular complexity index is 599. The molecule has 0 fully saturated rings. The Morgan fingerprint density at radius 1 is 1.38 bits per heavy atom. The molecule has 1 amide bonds. The van der Waals surface area contributed by atoms with Gasteiger partial charge in [-0.3, -0.25) is 4.79 Å². The van der Waals surface area contributed by atoms with E-state index < -0.39 is 17.4 Å². The van der Waals surface area contributed by atoms with Crippen LogP contribution in [0.4, 0.5) is 0 Å². The largest absolute Gasteiger partial charge is 0.480 e. The van der Waals surface area contributed by atoms with Gasteiger partial charge >= 0.3 is 5.97 Å². The molecule has 0 atom stereocenters. The molecule has 6 nitrogen and oxygen atoms in total. The van der Waals surface area contributed by atoms with Crippen molar-refractivity contribution in [3.8, 4) is 11.5 Å². The molecule has 1 heterocycles. The molecule has 1 aliphatic rings. The van der Waals surface area contributed by atoms with Gasteiger partial charge in [0.15, 0.2) is 11.5 Å². The van der Waals surface area contributed by atoms with Gasteiger partial charge in [0.1, 0.15) is 5.54 Å². The summed E-state index contributed by atoms with van der Waals surface area (Å²) in [6, 6.07) is 2.97. The fraction of sp³-hybridized carbons (Fsp3) is 0.429. The summed E-state index contributed by atoms with van der Waals surface area (Å²) in [7, 11) is 0. The van der Waals surface area contributed by atoms with Crippen LogP contribution in [0.2, 0.25) is 5.02 Å². The van der Waals surface area contributed by atoms with E-state index in [0.29, 0.717) is 11.5 Å². The average Bonchev–Trinajstić information content (AvgIpc) is 2.87. The predicted molar refractivity (Wildman–Crippen MR) is 76.0 cm³/mol. The lowest BCUT2D eigenvalue weighted by Crippen LogP contribution is -2.52. The van der Waals surface area contributed by atoms with Crippen LogP contribution in [0.1, 0.15) is 31.1 Å². The van der Waals surface area contributed by atoms with Crippen molar-refractivity contribution in [2.75, 3.05) is 13.3 Å². The topological polar surface area (TPSA) is 76.1 Å². The Morgan fingerprint density at radius 3 is 2.62 bits per heavy atom. The SMILES string of the molecule is CCN(C(=O)c1cc(Cl)c2c(c1)OCO2)C(C)(C)C(=O)O. The number of likely N-dealkylation sites (N-methyl/N-ethyl adjacent to an activating group) is 1. The van der Waals surface area contributed by atoms with E-state index in [-0.39, 0.29) is 23.9 Å². The minimum absolute atomic E-state index is 0.0464. The number of halogens is 1. The van der Waals surface area contributed by atoms with Crippen LogP contribution in [0, 0.1) is 0 Å². The molecule has 21 heavy (non-hydrogen) atoms. The second kappa shape index (κ2) is 5.44. The Morgan fingerprint density at radius 2 is 2.05 bits per heavy atom. The van der Waals surface area contributed by atoms with Gasteiger partial charge in [0.05, 0.1) is 5.02 Å². The summed E-state index contributed by atoms with van der Waals surface area (Å²) in [6.07, 6.45) is 0. The predicted octanol–water partition coefficient (Wildman–Crippen LogP) is 2.39. The molecule has 1 aromatic carbocycles. The lowest BCUT2D eigenvalue weighted by molar-refractivity contribution is -0.147. The quantitative estimate of drug-likeness (QED) is 0.923. The van der Waals surface area contributed by atoms with E-state index in [9.17, 15) is 14.7 Å². The van der Waals surface area contributed by atoms with Crippen LogP contribution in [0.3, 0.4) is 0 Å². The first kappa shape index (κ1) is 15.4. The third kappa shape index (κ3) is 2.63. The van der Waals surface area contributed by atoms with Crippen molar-refractivity contribution >= 4 is 23.5 Å². The molecule has 1 aliphatic heterocycles. The number of benzene rings is 1. The fourth-order valence-corrected chi connectivity index (χ4v) is 2.42. The van der Waals surface area contributed by atoms with Crippen LogP contribution >= 0.6 is 11.6 Å². The number of aliphatic carboxylic acids is 1. The minimum Gasteiger partial charge on any atom is -0.480 e. The summed E-state index contributed by atoms with van der Waals surface area (Å²) < 4.78 is 10.4. The molecule has 2 rings (SSSR count). The molecule has 0 radical (unpaired) electrons. The summed E-state index contributed by atoms with van der Waals surface area (Å²) in [5.74, 6) is -0.724. The van der Waals surface area contributed by atoms with E-state index in [4.69, 9.17) is 21.1 Å². The average molecular weight is 314 g/mol. The molecule has 1 N–H and O–H groups in total. The number of hydrogen-bond donors (Lipinski definition) is 1. The highest BCUT2D eigenvalue weighted by molar-refractivity contribution is 6.32. The summed E-state index contributed by atoms with van der Waals surface area (Å²) in [4.78, 5) is 25.2. The summed E-state index contributed by atoms with van der Waals surface area (Å²) in [5.41, 5.74) is -1.06. The van der Waals surface area contributed by atoms with Crippen LogP contribution < -0.4 is 9.47 Å². The van der Waals surface area contributed by atoms with Gasteiger partial charge in [-0.05, 0) is 32.9 Å². The van der Waals surface area contributed by atoms with E-state index >= 15 is 0 Å². The minimum atomic E-state index is -1.32. The molecule has 0 bridgehead atoms. The summed E-state index contributed by atoms with van der Waals surface area (Å²) >= 11 is 6.05. The third-order valence-electron chi connectivity index (χ3n) is 3.43. The van der Waals surface area contributed by atoms with Gasteiger partial charge in [-0.2, -0.15) is 0 Å². The zero-order valence-electron chi connectivity index (χ0n) is 12.0. The van der Waals surface area contributed by atoms with Gasteiger partial charge in [0, 0.05) is 12.1 Å². The Labute approximate surface area is 127 Å². The first-order valence-corrected chi connectivity index (χ1v) is 6.81. The smallest absolute Gasteiger partial charge is 0.329 e. The van der Waals surface area contributed by atoms with E-state index in [0.717, 1.165) is 0 Å². The fourth-order valence-electron chi connectivity index (χ4n) is 2.15. The second-order valence-electron chi connectivity index (χ2n) is 5.11. The zero-order valence-corrected chi connectivity index (χ0v) is 12.7. The van der Waals surface area contributed by atoms with Crippen molar-refractivity contribution in [3.63, 3.8) is 0 Å². The zero-order chi connectivity index (χ0) is 15.8. The monoisotopic (exact) mass is 313 g/mol. The van der Waals surface area contributed by atoms with Crippen molar-refractivity contribution in [2.24, 2.45) is 0 Å². The molecule has 0 aromatic heterocycles. The number of carbonyl (C=O) groups is 2. The van der Waals surface area contributed by atoms with Crippen LogP contribution in [0.15, 0.2) is 12.1 Å². The number of carboxylic acid groups (broad SMARTS) is 1. The number of ether oxygens (including phenoxy) is 2. The lowest BCUT2D eigenvalue weighted by atomic mass is 10.0. The van der Waals surface area contributed by atoms with Gasteiger partial charge in [-0.25, -0.2) is 4.79 Å². The van der Waals surface area contributed by atoms with Gasteiger partial charge in [-0.15, -0.1) is 0 Å². The molecule has 114 valence electrons. The number of amides is 1. The first-order valence-electron chi connectivity index (χ1n) is 6.43. The molecular formula is C14H16ClNO5. The van der Waals surface area contributed by atoms with Crippen LogP contribution in [0.25, 0.3) is 0 Å². The molecule has 7 heteroatoms. The van der Waals surface area contributed by atoms with Crippen molar-refractivity contribution in [2.45, 2.75) is 26.3 Å². The maximum absolute atomic E-state index is 12.6. The second-order valence-corrected chi connectivity index (χ2v) is 5.51. The number of carbonyl (C=O) groups excluding carboxylic acids is 1. The molecule has 0 spiro atoms. The van der Waals surface area contributed by atoms with Crippen molar-refractivity contribution in [1.29, 1.82) is 0 Å². The number of fused-ring (bicyclic) bond motifs is 1. The number of hydrogen-bond acceptors (Lipinski definition) is 4. The highest BCUT2D eigenvalue weighted by Gasteiger charge is 2.37. The number of nitrogens with zero attached hydrogens (tertiary/aromatic N) is 1. The highest BCUT2D eigenvalue weighted by atomic mass is 35.5. The van der Waals surface area contributed by atoms with E-state index in [1.807, 2.05) is 0 Å². The van der Waals surface area contributed by atoms with Gasteiger partial charge in [-0.1, -0.05) is 11.6 Å². The number of carboxylic acids is 1. The Kier molecular flexibility index (Phi) is 4.00. The summed E-state index contributed by atoms with van der Waals surface area (Å²) in [5, 5.41) is 9.55. The van der Waals surface area contributed by atoms with E-state index in [2.05, 4.69) is 0 Å². The number of rotatable bonds is 4. The van der Waals surface area contributed by atoms with Crippen LogP contribution in [0.5, 0.6) is 11.5 Å². The van der Waals surface area contributed by atoms with Crippen LogP contribution in [-0.4, -0.2) is 40.8 Å². The summed E-state index contributed by atoms with van der Waals surface area (Å²) in [6.45, 7) is 4.98. The maximum Gasteiger partial charge on any atom is 0.329 e. The standard InChI is InChI=1S/C14H16ClNO5/c1-4-16(14(2,3)13(18)19)12(17)8-5-9(15)11-10(6-8)20-7-21-11/h5-6H,4,7H2,1-3H3,(H,18,19). The van der Waals surface area contributed by atoms with E-state index in [1.54, 1.807) is 6.92 Å². The maximum atomic E-state index is 12.6. The molecule has 0 saturated carbocycles. The third-order valence-corrected chi connectivity index (χ3v) is 3.71.